The van der Waals surface area contributed by atoms with Gasteiger partial charge in [0.1, 0.15) is 6.29 Å². The zero-order valence-electron chi connectivity index (χ0n) is 15.7. The Balaban J connectivity index is 1.94. The van der Waals surface area contributed by atoms with Crippen molar-refractivity contribution < 1.29 is 24.1 Å². The topological polar surface area (TPSA) is 65.0 Å². The predicted octanol–water partition coefficient (Wildman–Crippen LogP) is 3.10. The number of unbranched alkanes of at least 4 members (excludes halogenated alkanes) is 2. The van der Waals surface area contributed by atoms with Crippen LogP contribution in [0.2, 0.25) is 0 Å². The minimum Gasteiger partial charge on any atom is -0.389 e. The number of aliphatic hydroxyl groups is 1. The number of hydrogen-bond donors (Lipinski definition) is 1. The van der Waals surface area contributed by atoms with Gasteiger partial charge in [-0.05, 0) is 37.5 Å². The fourth-order valence-electron chi connectivity index (χ4n) is 4.09. The van der Waals surface area contributed by atoms with E-state index in [2.05, 4.69) is 6.08 Å². The number of ether oxygens (including phenoxy) is 3. The highest BCUT2D eigenvalue weighted by Gasteiger charge is 2.51. The summed E-state index contributed by atoms with van der Waals surface area (Å²) in [6.07, 6.45) is 11.0. The lowest BCUT2D eigenvalue weighted by Gasteiger charge is -2.31. The van der Waals surface area contributed by atoms with E-state index < -0.39 is 11.9 Å². The van der Waals surface area contributed by atoms with Gasteiger partial charge in [0.05, 0.1) is 19.3 Å². The van der Waals surface area contributed by atoms with E-state index in [1.54, 1.807) is 7.11 Å². The first-order valence-corrected chi connectivity index (χ1v) is 9.70. The highest BCUT2D eigenvalue weighted by atomic mass is 16.7. The summed E-state index contributed by atoms with van der Waals surface area (Å²) in [6, 6.07) is 0. The average Bonchev–Trinajstić information content (AvgIpc) is 3.23. The van der Waals surface area contributed by atoms with E-state index >= 15 is 0 Å². The second-order valence-corrected chi connectivity index (χ2v) is 7.40. The molecule has 0 amide bonds. The first kappa shape index (κ1) is 20.6. The third-order valence-corrected chi connectivity index (χ3v) is 5.69. The zero-order chi connectivity index (χ0) is 18.1. The molecular formula is C20H34O5. The van der Waals surface area contributed by atoms with Gasteiger partial charge in [-0.3, -0.25) is 0 Å². The van der Waals surface area contributed by atoms with Crippen LogP contribution in [0.3, 0.4) is 0 Å². The summed E-state index contributed by atoms with van der Waals surface area (Å²) in [5, 5.41) is 10.4. The molecule has 1 N–H and O–H groups in total. The Hall–Kier alpha value is -0.750. The molecule has 0 bridgehead atoms. The summed E-state index contributed by atoms with van der Waals surface area (Å²) < 4.78 is 17.1. The number of carbonyl (C=O) groups is 1. The van der Waals surface area contributed by atoms with Crippen molar-refractivity contribution in [1.82, 2.24) is 0 Å². The van der Waals surface area contributed by atoms with E-state index in [4.69, 9.17) is 14.2 Å². The van der Waals surface area contributed by atoms with E-state index in [0.29, 0.717) is 38.1 Å². The molecule has 0 aromatic carbocycles. The van der Waals surface area contributed by atoms with Crippen LogP contribution >= 0.6 is 0 Å². The van der Waals surface area contributed by atoms with Gasteiger partial charge in [0.25, 0.3) is 0 Å². The van der Waals surface area contributed by atoms with Gasteiger partial charge in [-0.25, -0.2) is 0 Å². The van der Waals surface area contributed by atoms with Crippen molar-refractivity contribution in [3.63, 3.8) is 0 Å². The second-order valence-electron chi connectivity index (χ2n) is 7.40. The van der Waals surface area contributed by atoms with Gasteiger partial charge in [0.2, 0.25) is 0 Å². The number of carbonyl (C=O) groups excluding carboxylic acids is 1. The molecule has 0 aromatic rings. The van der Waals surface area contributed by atoms with Crippen molar-refractivity contribution in [2.45, 2.75) is 63.8 Å². The first-order chi connectivity index (χ1) is 12.1. The van der Waals surface area contributed by atoms with Crippen molar-refractivity contribution in [3.8, 4) is 0 Å². The Morgan fingerprint density at radius 1 is 1.32 bits per heavy atom. The van der Waals surface area contributed by atoms with E-state index in [1.165, 1.54) is 0 Å². The van der Waals surface area contributed by atoms with Crippen molar-refractivity contribution in [1.29, 1.82) is 0 Å². The number of aldehydes is 1. The van der Waals surface area contributed by atoms with Gasteiger partial charge < -0.3 is 24.1 Å². The minimum absolute atomic E-state index is 0.177. The summed E-state index contributed by atoms with van der Waals surface area (Å²) in [6.45, 7) is 4.04. The van der Waals surface area contributed by atoms with E-state index in [1.807, 2.05) is 13.0 Å². The second kappa shape index (κ2) is 10.4. The van der Waals surface area contributed by atoms with Crippen molar-refractivity contribution in [2.75, 3.05) is 26.9 Å². The van der Waals surface area contributed by atoms with Crippen LogP contribution in [0.25, 0.3) is 0 Å². The van der Waals surface area contributed by atoms with Crippen molar-refractivity contribution >= 4 is 6.29 Å². The Bertz CT molecular complexity index is 416. The van der Waals surface area contributed by atoms with E-state index in [9.17, 15) is 9.90 Å². The van der Waals surface area contributed by atoms with Gasteiger partial charge in [-0.2, -0.15) is 0 Å². The maximum Gasteiger partial charge on any atom is 0.171 e. The average molecular weight is 354 g/mol. The molecular weight excluding hydrogens is 320 g/mol. The highest BCUT2D eigenvalue weighted by Crippen LogP contribution is 2.48. The van der Waals surface area contributed by atoms with Gasteiger partial charge in [0.15, 0.2) is 5.79 Å². The van der Waals surface area contributed by atoms with E-state index in [-0.39, 0.29) is 5.92 Å². The molecule has 144 valence electrons. The molecule has 1 saturated carbocycles. The Morgan fingerprint density at radius 3 is 2.76 bits per heavy atom. The monoisotopic (exact) mass is 354 g/mol. The maximum absolute atomic E-state index is 10.5. The molecule has 2 rings (SSSR count). The SMILES string of the molecule is COCCC(C)C(O)C=C[C@@H]1CCC2(OCCO2)C1CCCCC=O. The third kappa shape index (κ3) is 5.61. The molecule has 1 aliphatic heterocycles. The molecule has 1 heterocycles. The smallest absolute Gasteiger partial charge is 0.171 e. The lowest BCUT2D eigenvalue weighted by atomic mass is 9.86. The lowest BCUT2D eigenvalue weighted by molar-refractivity contribution is -0.186. The zero-order valence-corrected chi connectivity index (χ0v) is 15.7. The number of aliphatic hydroxyl groups excluding tert-OH is 1. The van der Waals surface area contributed by atoms with Crippen LogP contribution in [0.5, 0.6) is 0 Å². The lowest BCUT2D eigenvalue weighted by Crippen LogP contribution is -2.36. The molecule has 0 radical (unpaired) electrons. The Morgan fingerprint density at radius 2 is 2.08 bits per heavy atom. The quantitative estimate of drug-likeness (QED) is 0.351. The number of allylic oxidation sites excluding steroid dienone is 1. The fourth-order valence-corrected chi connectivity index (χ4v) is 4.09. The molecule has 1 saturated heterocycles. The summed E-state index contributed by atoms with van der Waals surface area (Å²) in [7, 11) is 1.68. The van der Waals surface area contributed by atoms with Gasteiger partial charge in [-0.15, -0.1) is 0 Å². The standard InChI is InChI=1S/C20H34O5/c1-16(10-13-23-2)19(22)8-7-17-9-11-20(24-14-15-25-20)18(17)6-4-3-5-12-21/h7-8,12,16-19,22H,3-6,9-11,13-15H2,1-2H3/t16?,17-,18?,19?/m1/s1. The molecule has 5 heteroatoms. The van der Waals surface area contributed by atoms with Gasteiger partial charge in [-0.1, -0.05) is 25.5 Å². The van der Waals surface area contributed by atoms with Crippen molar-refractivity contribution in [3.05, 3.63) is 12.2 Å². The third-order valence-electron chi connectivity index (χ3n) is 5.69. The normalized spacial score (nSPS) is 28.0. The van der Waals surface area contributed by atoms with Crippen molar-refractivity contribution in [2.24, 2.45) is 17.8 Å². The van der Waals surface area contributed by atoms with Crippen LogP contribution in [0, 0.1) is 17.8 Å². The maximum atomic E-state index is 10.5. The van der Waals surface area contributed by atoms with Gasteiger partial charge in [0, 0.05) is 32.5 Å². The fraction of sp³-hybridized carbons (Fsp3) is 0.850. The molecule has 25 heavy (non-hydrogen) atoms. The van der Waals surface area contributed by atoms with Crippen LogP contribution in [-0.2, 0) is 19.0 Å². The van der Waals surface area contributed by atoms with Gasteiger partial charge >= 0.3 is 0 Å². The van der Waals surface area contributed by atoms with Crippen LogP contribution < -0.4 is 0 Å². The molecule has 3 unspecified atom stereocenters. The summed E-state index contributed by atoms with van der Waals surface area (Å²) in [5.41, 5.74) is 0. The minimum atomic E-state index is -0.451. The summed E-state index contributed by atoms with van der Waals surface area (Å²) in [5.74, 6) is 0.401. The highest BCUT2D eigenvalue weighted by molar-refractivity contribution is 5.48. The first-order valence-electron chi connectivity index (χ1n) is 9.70. The Labute approximate surface area is 151 Å². The number of hydrogen-bond acceptors (Lipinski definition) is 5. The number of methoxy groups -OCH3 is 1. The number of rotatable bonds is 11. The van der Waals surface area contributed by atoms with Crippen LogP contribution in [0.15, 0.2) is 12.2 Å². The van der Waals surface area contributed by atoms with Crippen LogP contribution in [0.1, 0.15) is 51.9 Å². The molecule has 2 fully saturated rings. The molecule has 1 aliphatic carbocycles. The molecule has 4 atom stereocenters. The van der Waals surface area contributed by atoms with Crippen LogP contribution in [-0.4, -0.2) is 50.2 Å². The largest absolute Gasteiger partial charge is 0.389 e. The molecule has 0 aromatic heterocycles. The van der Waals surface area contributed by atoms with Crippen LogP contribution in [0.4, 0.5) is 0 Å². The molecule has 2 aliphatic rings. The molecule has 1 spiro atoms. The van der Waals surface area contributed by atoms with E-state index in [0.717, 1.165) is 44.8 Å². The predicted molar refractivity (Wildman–Crippen MR) is 96.2 cm³/mol. The summed E-state index contributed by atoms with van der Waals surface area (Å²) >= 11 is 0. The summed E-state index contributed by atoms with van der Waals surface area (Å²) in [4.78, 5) is 10.5. The Kier molecular flexibility index (Phi) is 8.56. The molecule has 5 nitrogen and oxygen atoms in total.